The van der Waals surface area contributed by atoms with Gasteiger partial charge in [0.15, 0.2) is 11.2 Å². The van der Waals surface area contributed by atoms with Crippen molar-refractivity contribution in [2.45, 2.75) is 6.54 Å². The lowest BCUT2D eigenvalue weighted by Crippen LogP contribution is -2.37. The van der Waals surface area contributed by atoms with E-state index in [4.69, 9.17) is 11.6 Å². The van der Waals surface area contributed by atoms with Crippen molar-refractivity contribution in [2.24, 2.45) is 19.2 Å². The summed E-state index contributed by atoms with van der Waals surface area (Å²) in [6.07, 6.45) is 1.43. The number of fused-ring (bicyclic) bond motifs is 1. The van der Waals surface area contributed by atoms with E-state index in [0.717, 1.165) is 14.6 Å². The number of hydrogen-bond donors (Lipinski definition) is 2. The molecule has 9 nitrogen and oxygen atoms in total. The molecule has 11 heteroatoms. The van der Waals surface area contributed by atoms with Gasteiger partial charge in [-0.25, -0.2) is 10.2 Å². The molecular weight excluding hydrogens is 500 g/mol. The van der Waals surface area contributed by atoms with Gasteiger partial charge in [-0.3, -0.25) is 18.5 Å². The first-order valence-corrected chi connectivity index (χ1v) is 10.6. The molecule has 2 aromatic heterocycles. The van der Waals surface area contributed by atoms with E-state index < -0.39 is 11.2 Å². The number of hydrogen-bond acceptors (Lipinski definition) is 6. The molecule has 0 amide bonds. The van der Waals surface area contributed by atoms with Gasteiger partial charge in [-0.1, -0.05) is 45.7 Å². The smallest absolute Gasteiger partial charge is 0.332 e. The van der Waals surface area contributed by atoms with Gasteiger partial charge < -0.3 is 5.11 Å². The number of anilines is 1. The second-order valence-corrected chi connectivity index (χ2v) is 8.39. The van der Waals surface area contributed by atoms with E-state index in [-0.39, 0.29) is 29.4 Å². The summed E-state index contributed by atoms with van der Waals surface area (Å²) < 4.78 is 4.73. The number of halogens is 2. The molecule has 2 heterocycles. The van der Waals surface area contributed by atoms with Crippen molar-refractivity contribution in [1.29, 1.82) is 0 Å². The topological polar surface area (TPSA) is 106 Å². The molecular formula is C21H18BrClN6O3. The summed E-state index contributed by atoms with van der Waals surface area (Å²) in [5, 5.41) is 14.7. The van der Waals surface area contributed by atoms with E-state index in [9.17, 15) is 14.7 Å². The molecule has 0 unspecified atom stereocenters. The van der Waals surface area contributed by atoms with Crippen LogP contribution >= 0.6 is 27.5 Å². The first-order valence-electron chi connectivity index (χ1n) is 9.45. The number of rotatable bonds is 5. The first-order chi connectivity index (χ1) is 15.3. The Bertz CT molecular complexity index is 1490. The van der Waals surface area contributed by atoms with E-state index in [0.29, 0.717) is 10.6 Å². The second-order valence-electron chi connectivity index (χ2n) is 7.06. The highest BCUT2D eigenvalue weighted by Gasteiger charge is 2.19. The lowest BCUT2D eigenvalue weighted by molar-refractivity contribution is 0.474. The number of aromatic hydroxyl groups is 1. The summed E-state index contributed by atoms with van der Waals surface area (Å²) >= 11 is 9.68. The van der Waals surface area contributed by atoms with E-state index in [2.05, 4.69) is 31.4 Å². The quantitative estimate of drug-likeness (QED) is 0.313. The molecule has 0 saturated heterocycles. The Morgan fingerprint density at radius 1 is 1.19 bits per heavy atom. The number of phenolic OH excluding ortho intramolecular Hbond substituents is 1. The molecule has 0 fully saturated rings. The van der Waals surface area contributed by atoms with Crippen molar-refractivity contribution < 1.29 is 5.11 Å². The van der Waals surface area contributed by atoms with Gasteiger partial charge in [0, 0.05) is 29.2 Å². The Morgan fingerprint density at radius 2 is 1.94 bits per heavy atom. The monoisotopic (exact) mass is 516 g/mol. The van der Waals surface area contributed by atoms with E-state index in [1.54, 1.807) is 29.8 Å². The van der Waals surface area contributed by atoms with Gasteiger partial charge in [0.25, 0.3) is 5.56 Å². The van der Waals surface area contributed by atoms with Crippen LogP contribution in [0.4, 0.5) is 5.95 Å². The molecule has 0 spiro atoms. The summed E-state index contributed by atoms with van der Waals surface area (Å²) in [6, 6.07) is 12.2. The van der Waals surface area contributed by atoms with Gasteiger partial charge >= 0.3 is 5.69 Å². The molecule has 2 aromatic carbocycles. The summed E-state index contributed by atoms with van der Waals surface area (Å²) in [5.74, 6) is 0.295. The summed E-state index contributed by atoms with van der Waals surface area (Å²) in [6.45, 7) is 0.226. The zero-order valence-corrected chi connectivity index (χ0v) is 19.4. The molecule has 0 aliphatic heterocycles. The van der Waals surface area contributed by atoms with Crippen molar-refractivity contribution in [3.63, 3.8) is 0 Å². The Morgan fingerprint density at radius 3 is 2.69 bits per heavy atom. The fourth-order valence-electron chi connectivity index (χ4n) is 3.27. The summed E-state index contributed by atoms with van der Waals surface area (Å²) in [5.41, 5.74) is 3.54. The molecule has 32 heavy (non-hydrogen) atoms. The predicted molar refractivity (Wildman–Crippen MR) is 128 cm³/mol. The molecule has 0 saturated carbocycles. The number of nitrogens with one attached hydrogen (secondary N) is 1. The lowest BCUT2D eigenvalue weighted by Gasteiger charge is -2.10. The molecule has 4 rings (SSSR count). The lowest BCUT2D eigenvalue weighted by atomic mass is 10.2. The standard InChI is InChI=1S/C21H18BrClN6O3/c1-27-18-17(19(31)28(2)21(27)32)29(11-12-5-3-4-6-15(12)23)20(25-18)26-24-10-13-9-14(22)7-8-16(13)30/h3-10,30H,11H2,1-2H3,(H,25,26)/b24-10-. The molecule has 0 aliphatic carbocycles. The molecule has 2 N–H and O–H groups in total. The molecule has 164 valence electrons. The zero-order valence-electron chi connectivity index (χ0n) is 17.1. The molecule has 0 aliphatic rings. The van der Waals surface area contributed by atoms with Gasteiger partial charge in [-0.05, 0) is 29.8 Å². The highest BCUT2D eigenvalue weighted by atomic mass is 79.9. The average Bonchev–Trinajstić information content (AvgIpc) is 3.13. The maximum atomic E-state index is 12.9. The fourth-order valence-corrected chi connectivity index (χ4v) is 3.85. The number of nitrogens with zero attached hydrogens (tertiary/aromatic N) is 5. The van der Waals surface area contributed by atoms with E-state index >= 15 is 0 Å². The van der Waals surface area contributed by atoms with Crippen molar-refractivity contribution in [2.75, 3.05) is 5.43 Å². The van der Waals surface area contributed by atoms with Gasteiger partial charge in [0.1, 0.15) is 5.75 Å². The van der Waals surface area contributed by atoms with Crippen molar-refractivity contribution >= 4 is 50.9 Å². The molecule has 0 atom stereocenters. The second kappa shape index (κ2) is 8.64. The fraction of sp³-hybridized carbons (Fsp3) is 0.143. The minimum absolute atomic E-state index is 0.0552. The number of imidazole rings is 1. The number of hydrazone groups is 1. The van der Waals surface area contributed by atoms with Crippen molar-refractivity contribution in [3.05, 3.63) is 83.9 Å². The van der Waals surface area contributed by atoms with Crippen molar-refractivity contribution in [1.82, 2.24) is 18.7 Å². The third kappa shape index (κ3) is 3.94. The van der Waals surface area contributed by atoms with Gasteiger partial charge in [0.2, 0.25) is 5.95 Å². The van der Waals surface area contributed by atoms with Crippen LogP contribution in [0.25, 0.3) is 11.2 Å². The molecule has 4 aromatic rings. The number of aromatic nitrogens is 4. The SMILES string of the molecule is Cn1c(=O)c2c(nc(N/N=C\c3cc(Br)ccc3O)n2Cc2ccccc2Cl)n(C)c1=O. The third-order valence-electron chi connectivity index (χ3n) is 4.99. The Labute approximate surface area is 195 Å². The van der Waals surface area contributed by atoms with Crippen LogP contribution in [-0.2, 0) is 20.6 Å². The minimum Gasteiger partial charge on any atom is -0.507 e. The van der Waals surface area contributed by atoms with E-state index in [1.807, 2.05) is 18.2 Å². The Balaban J connectivity index is 1.85. The molecule has 0 bridgehead atoms. The summed E-state index contributed by atoms with van der Waals surface area (Å²) in [7, 11) is 2.96. The minimum atomic E-state index is -0.487. The van der Waals surface area contributed by atoms with Gasteiger partial charge in [0.05, 0.1) is 12.8 Å². The Kier molecular flexibility index (Phi) is 5.90. The van der Waals surface area contributed by atoms with Crippen LogP contribution in [0.5, 0.6) is 5.75 Å². The molecule has 0 radical (unpaired) electrons. The maximum absolute atomic E-state index is 12.9. The van der Waals surface area contributed by atoms with Crippen LogP contribution < -0.4 is 16.7 Å². The Hall–Kier alpha value is -3.37. The third-order valence-corrected chi connectivity index (χ3v) is 5.85. The average molecular weight is 518 g/mol. The summed E-state index contributed by atoms with van der Waals surface area (Å²) in [4.78, 5) is 29.8. The maximum Gasteiger partial charge on any atom is 0.332 e. The van der Waals surface area contributed by atoms with Crippen LogP contribution in [0.2, 0.25) is 5.02 Å². The van der Waals surface area contributed by atoms with Crippen LogP contribution in [-0.4, -0.2) is 30.0 Å². The van der Waals surface area contributed by atoms with Crippen molar-refractivity contribution in [3.8, 4) is 5.75 Å². The predicted octanol–water partition coefficient (Wildman–Crippen LogP) is 3.05. The largest absolute Gasteiger partial charge is 0.507 e. The number of aryl methyl sites for hydroxylation is 1. The normalized spacial score (nSPS) is 11.5. The van der Waals surface area contributed by atoms with Crippen LogP contribution in [0.3, 0.4) is 0 Å². The van der Waals surface area contributed by atoms with E-state index in [1.165, 1.54) is 23.9 Å². The van der Waals surface area contributed by atoms with Gasteiger partial charge in [-0.15, -0.1) is 0 Å². The number of phenols is 1. The van der Waals surface area contributed by atoms with Gasteiger partial charge in [-0.2, -0.15) is 10.1 Å². The highest BCUT2D eigenvalue weighted by molar-refractivity contribution is 9.10. The number of benzene rings is 2. The zero-order chi connectivity index (χ0) is 23.0. The van der Waals surface area contributed by atoms with Crippen LogP contribution in [0, 0.1) is 0 Å². The van der Waals surface area contributed by atoms with Crippen LogP contribution in [0.15, 0.2) is 61.6 Å². The first kappa shape index (κ1) is 21.8. The van der Waals surface area contributed by atoms with Crippen LogP contribution in [0.1, 0.15) is 11.1 Å². The highest BCUT2D eigenvalue weighted by Crippen LogP contribution is 2.23.